The van der Waals surface area contributed by atoms with Gasteiger partial charge < -0.3 is 107 Å². The molecule has 4 N–H and O–H groups in total. The smallest absolute Gasteiger partial charge is 1.00 e. The van der Waals surface area contributed by atoms with Crippen LogP contribution in [0.5, 0.6) is 0 Å². The molecule has 0 spiro atoms. The summed E-state index contributed by atoms with van der Waals surface area (Å²) in [5.41, 5.74) is 6.30. The molecular formula is C36H40Au2Br3Cl2N8S2-3. The van der Waals surface area contributed by atoms with Crippen LogP contribution in [0.1, 0.15) is 0 Å². The summed E-state index contributed by atoms with van der Waals surface area (Å²) in [4.78, 5) is 13.5. The molecule has 8 nitrogen and oxygen atoms in total. The van der Waals surface area contributed by atoms with Gasteiger partial charge in [0.15, 0.2) is 10.2 Å². The van der Waals surface area contributed by atoms with Crippen LogP contribution in [0.3, 0.4) is 0 Å². The number of halogens is 5. The first-order valence-corrected chi connectivity index (χ1v) is 16.1. The molecule has 53 heavy (non-hydrogen) atoms. The first-order chi connectivity index (χ1) is 22.4. The van der Waals surface area contributed by atoms with Gasteiger partial charge in [-0.3, -0.25) is 0 Å². The maximum absolute atomic E-state index is 5.24. The molecule has 0 aliphatic heterocycles. The van der Waals surface area contributed by atoms with E-state index in [2.05, 4.69) is 69.8 Å². The first-order valence-electron chi connectivity index (χ1n) is 15.3. The third-order valence-electron chi connectivity index (χ3n) is 7.79. The number of para-hydroxylation sites is 4. The molecule has 0 atom stereocenters. The zero-order chi connectivity index (χ0) is 32.5. The minimum atomic E-state index is 0. The van der Waals surface area contributed by atoms with E-state index in [1.165, 1.54) is 0 Å². The molecule has 0 bridgehead atoms. The number of fused-ring (bicyclic) bond motifs is 4. The summed E-state index contributed by atoms with van der Waals surface area (Å²) in [7, 11) is 7.67. The van der Waals surface area contributed by atoms with E-state index < -0.39 is 0 Å². The van der Waals surface area contributed by atoms with Gasteiger partial charge in [-0.05, 0) is 48.7 Å². The van der Waals surface area contributed by atoms with Crippen LogP contribution in [-0.4, -0.2) is 84.4 Å². The molecule has 2 heterocycles. The fourth-order valence-electron chi connectivity index (χ4n) is 5.34. The van der Waals surface area contributed by atoms with Crippen LogP contribution in [0.2, 0.25) is 0 Å². The predicted octanol–water partition coefficient (Wildman–Crippen LogP) is -8.51. The van der Waals surface area contributed by atoms with Gasteiger partial charge in [0.25, 0.3) is 0 Å². The maximum Gasteiger partial charge on any atom is 1.00 e. The van der Waals surface area contributed by atoms with Crippen molar-refractivity contribution in [3.05, 3.63) is 97.1 Å². The van der Waals surface area contributed by atoms with E-state index in [9.17, 15) is 0 Å². The second-order valence-corrected chi connectivity index (χ2v) is 11.6. The second kappa shape index (κ2) is 28.1. The molecule has 2 aromatic heterocycles. The summed E-state index contributed by atoms with van der Waals surface area (Å²) in [6.45, 7) is 3.25. The first kappa shape index (κ1) is 56.0. The summed E-state index contributed by atoms with van der Waals surface area (Å²) in [6, 6.07) is 32.9. The summed E-state index contributed by atoms with van der Waals surface area (Å²) >= 11 is 10.5. The Morgan fingerprint density at radius 3 is 1.00 bits per heavy atom. The topological polar surface area (TPSA) is 80.4 Å². The largest absolute Gasteiger partial charge is 1.00 e. The molecule has 296 valence electrons. The average Bonchev–Trinajstić information content (AvgIpc) is 3.10. The average molecular weight is 1350 g/mol. The molecule has 0 aliphatic rings. The standard InChI is InChI=1S/2C18H20N4S.2Au.3BrH.2ClH/c2*1-19-18(23)22(2)12-11-20-17-13-7-3-5-9-15(13)21-16-10-6-4-8-14(16)17;;;;;;;/h2*3-10H,11-12H2,1-2H3,(H,19,23)(H,20,21);;;5*1H/q;;2*+1;;;;;/p-5. The van der Waals surface area contributed by atoms with Crippen molar-refractivity contribution in [3.8, 4) is 0 Å². The molecule has 0 amide bonds. The number of anilines is 2. The van der Waals surface area contributed by atoms with Crippen LogP contribution in [0.15, 0.2) is 97.1 Å². The van der Waals surface area contributed by atoms with Gasteiger partial charge in [-0.1, -0.05) is 72.8 Å². The number of aromatic nitrogens is 2. The Bertz CT molecular complexity index is 1770. The fourth-order valence-corrected chi connectivity index (χ4v) is 5.53. The quantitative estimate of drug-likeness (QED) is 0.0672. The predicted molar refractivity (Wildman–Crippen MR) is 204 cm³/mol. The SMILES string of the molecule is CNC(=S)N(C)CCNc1c2ccccc2nc2ccccc12.CNC(=S)N(C)CCNc1c2ccccc2nc2ccccc12.[Au+].[Au+].[Br-].[Br-].[Br-].[Cl-].[Cl-]. The van der Waals surface area contributed by atoms with E-state index in [1.807, 2.05) is 86.5 Å². The fraction of sp³-hybridized carbons (Fsp3) is 0.222. The molecule has 17 heteroatoms. The number of thiocarbonyl (C=S) groups is 2. The van der Waals surface area contributed by atoms with Crippen LogP contribution < -0.4 is 97.0 Å². The van der Waals surface area contributed by atoms with Crippen molar-refractivity contribution in [2.45, 2.75) is 0 Å². The van der Waals surface area contributed by atoms with Gasteiger partial charge in [0.05, 0.1) is 33.4 Å². The van der Waals surface area contributed by atoms with Gasteiger partial charge in [0, 0.05) is 75.9 Å². The van der Waals surface area contributed by atoms with Crippen LogP contribution in [0.25, 0.3) is 43.6 Å². The van der Waals surface area contributed by atoms with Crippen molar-refractivity contribution >= 4 is 89.6 Å². The molecule has 6 aromatic rings. The van der Waals surface area contributed by atoms with Crippen LogP contribution in [-0.2, 0) is 44.8 Å². The molecule has 0 saturated heterocycles. The molecule has 0 aliphatic carbocycles. The van der Waals surface area contributed by atoms with Gasteiger partial charge in [-0.15, -0.1) is 0 Å². The Kier molecular flexibility index (Phi) is 29.8. The molecule has 0 fully saturated rings. The monoisotopic (exact) mass is 1350 g/mol. The normalized spacial score (nSPS) is 9.28. The van der Waals surface area contributed by atoms with E-state index in [-0.39, 0.29) is 121 Å². The summed E-state index contributed by atoms with van der Waals surface area (Å²) in [5, 5.41) is 19.2. The zero-order valence-electron chi connectivity index (χ0n) is 29.2. The van der Waals surface area contributed by atoms with E-state index in [0.717, 1.165) is 91.4 Å². The molecular weight excluding hydrogens is 1310 g/mol. The number of nitrogens with one attached hydrogen (secondary N) is 4. The van der Waals surface area contributed by atoms with Gasteiger partial charge >= 0.3 is 44.8 Å². The molecule has 0 radical (unpaired) electrons. The zero-order valence-corrected chi connectivity index (χ0v) is 41.4. The van der Waals surface area contributed by atoms with E-state index in [0.29, 0.717) is 0 Å². The van der Waals surface area contributed by atoms with Crippen molar-refractivity contribution < 1.29 is 121 Å². The Morgan fingerprint density at radius 2 is 0.755 bits per heavy atom. The number of benzene rings is 4. The van der Waals surface area contributed by atoms with Crippen molar-refractivity contribution in [3.63, 3.8) is 0 Å². The minimum Gasteiger partial charge on any atom is -1.00 e. The number of hydrogen-bond donors (Lipinski definition) is 4. The number of likely N-dealkylation sites (N-methyl/N-ethyl adjacent to an activating group) is 2. The van der Waals surface area contributed by atoms with Crippen LogP contribution >= 0.6 is 24.4 Å². The van der Waals surface area contributed by atoms with Crippen LogP contribution in [0.4, 0.5) is 11.4 Å². The Balaban J connectivity index is -0.000000833. The summed E-state index contributed by atoms with van der Waals surface area (Å²) in [6.07, 6.45) is 0. The number of pyridine rings is 2. The Labute approximate surface area is 398 Å². The maximum atomic E-state index is 5.24. The van der Waals surface area contributed by atoms with E-state index >= 15 is 0 Å². The molecule has 4 aromatic carbocycles. The third kappa shape index (κ3) is 14.6. The van der Waals surface area contributed by atoms with Crippen molar-refractivity contribution in [1.29, 1.82) is 0 Å². The van der Waals surface area contributed by atoms with Gasteiger partial charge in [-0.25, -0.2) is 9.97 Å². The van der Waals surface area contributed by atoms with Gasteiger partial charge in [-0.2, -0.15) is 0 Å². The minimum absolute atomic E-state index is 0. The molecule has 0 saturated carbocycles. The van der Waals surface area contributed by atoms with Crippen molar-refractivity contribution in [1.82, 2.24) is 30.4 Å². The Morgan fingerprint density at radius 1 is 0.509 bits per heavy atom. The van der Waals surface area contributed by atoms with Gasteiger partial charge in [0.1, 0.15) is 0 Å². The second-order valence-electron chi connectivity index (χ2n) is 10.8. The number of hydrogen-bond acceptors (Lipinski definition) is 6. The van der Waals surface area contributed by atoms with E-state index in [1.54, 1.807) is 0 Å². The van der Waals surface area contributed by atoms with Crippen molar-refractivity contribution in [2.75, 3.05) is 65.0 Å². The third-order valence-corrected chi connectivity index (χ3v) is 8.83. The van der Waals surface area contributed by atoms with Crippen LogP contribution in [0, 0.1) is 0 Å². The van der Waals surface area contributed by atoms with Crippen molar-refractivity contribution in [2.24, 2.45) is 0 Å². The molecule has 0 unspecified atom stereocenters. The molecule has 6 rings (SSSR count). The Hall–Kier alpha value is -1.30. The number of nitrogens with zero attached hydrogens (tertiary/aromatic N) is 4. The number of rotatable bonds is 8. The van der Waals surface area contributed by atoms with Gasteiger partial charge in [0.2, 0.25) is 0 Å². The summed E-state index contributed by atoms with van der Waals surface area (Å²) in [5.74, 6) is 0. The summed E-state index contributed by atoms with van der Waals surface area (Å²) < 4.78 is 0. The van der Waals surface area contributed by atoms with E-state index in [4.69, 9.17) is 34.4 Å².